The summed E-state index contributed by atoms with van der Waals surface area (Å²) in [7, 11) is 1.85. The van der Waals surface area contributed by atoms with Gasteiger partial charge in [0.1, 0.15) is 5.76 Å². The number of aryl methyl sites for hydroxylation is 1. The van der Waals surface area contributed by atoms with Crippen molar-refractivity contribution >= 4 is 5.91 Å². The standard InChI is InChI=1S/C21H32N2O4/c1-3-17-15(10-18(27-17)20(22)24)12-23-9-8-21(25-2)7-6-16(11-19(21)23)26-13-14-4-5-14/h10,14,16,19H,3-9,11-13H2,1-2H3,(H2,22,24)/t16-,19-,21+/m0/s1. The predicted octanol–water partition coefficient (Wildman–Crippen LogP) is 2.88. The van der Waals surface area contributed by atoms with Crippen LogP contribution in [0.2, 0.25) is 0 Å². The van der Waals surface area contributed by atoms with Gasteiger partial charge in [0, 0.05) is 44.8 Å². The Morgan fingerprint density at radius 2 is 2.19 bits per heavy atom. The van der Waals surface area contributed by atoms with E-state index in [1.54, 1.807) is 0 Å². The number of ether oxygens (including phenoxy) is 2. The molecule has 2 heterocycles. The first-order valence-corrected chi connectivity index (χ1v) is 10.4. The van der Waals surface area contributed by atoms with Crippen LogP contribution in [-0.4, -0.2) is 48.8 Å². The van der Waals surface area contributed by atoms with Crippen molar-refractivity contribution in [3.63, 3.8) is 0 Å². The Bertz CT molecular complexity index is 684. The largest absolute Gasteiger partial charge is 0.456 e. The molecule has 1 aliphatic heterocycles. The third kappa shape index (κ3) is 3.80. The first kappa shape index (κ1) is 19.0. The maximum Gasteiger partial charge on any atom is 0.284 e. The Balaban J connectivity index is 1.48. The number of fused-ring (bicyclic) bond motifs is 1. The van der Waals surface area contributed by atoms with Crippen molar-refractivity contribution in [1.82, 2.24) is 4.90 Å². The van der Waals surface area contributed by atoms with Crippen molar-refractivity contribution in [2.45, 2.75) is 76.2 Å². The van der Waals surface area contributed by atoms with Gasteiger partial charge < -0.3 is 19.6 Å². The highest BCUT2D eigenvalue weighted by Crippen LogP contribution is 2.44. The van der Waals surface area contributed by atoms with E-state index in [1.165, 1.54) is 12.8 Å². The number of carbonyl (C=O) groups excluding carboxylic acids is 1. The number of amides is 1. The van der Waals surface area contributed by atoms with Crippen LogP contribution in [0.4, 0.5) is 0 Å². The Morgan fingerprint density at radius 1 is 1.37 bits per heavy atom. The lowest BCUT2D eigenvalue weighted by Gasteiger charge is -2.43. The third-order valence-electron chi connectivity index (χ3n) is 6.75. The predicted molar refractivity (Wildman–Crippen MR) is 101 cm³/mol. The minimum absolute atomic E-state index is 0.0674. The van der Waals surface area contributed by atoms with E-state index in [2.05, 4.69) is 4.90 Å². The minimum atomic E-state index is -0.505. The van der Waals surface area contributed by atoms with Crippen LogP contribution in [0.5, 0.6) is 0 Å². The maximum absolute atomic E-state index is 11.5. The molecule has 150 valence electrons. The number of nitrogens with two attached hydrogens (primary N) is 1. The van der Waals surface area contributed by atoms with Crippen LogP contribution in [0.3, 0.4) is 0 Å². The average molecular weight is 376 g/mol. The number of rotatable bonds is 8. The fourth-order valence-corrected chi connectivity index (χ4v) is 4.89. The van der Waals surface area contributed by atoms with Crippen LogP contribution < -0.4 is 5.73 Å². The van der Waals surface area contributed by atoms with Crippen LogP contribution in [-0.2, 0) is 22.4 Å². The van der Waals surface area contributed by atoms with Crippen LogP contribution in [0.15, 0.2) is 10.5 Å². The quantitative estimate of drug-likeness (QED) is 0.755. The summed E-state index contributed by atoms with van der Waals surface area (Å²) in [5.74, 6) is 1.41. The molecule has 1 aromatic rings. The van der Waals surface area contributed by atoms with Crippen molar-refractivity contribution in [3.8, 4) is 0 Å². The number of methoxy groups -OCH3 is 1. The van der Waals surface area contributed by atoms with Gasteiger partial charge in [0.15, 0.2) is 5.76 Å². The number of carbonyl (C=O) groups is 1. The zero-order valence-electron chi connectivity index (χ0n) is 16.5. The van der Waals surface area contributed by atoms with Crippen LogP contribution in [0.25, 0.3) is 0 Å². The summed E-state index contributed by atoms with van der Waals surface area (Å²) >= 11 is 0. The van der Waals surface area contributed by atoms with Gasteiger partial charge >= 0.3 is 0 Å². The van der Waals surface area contributed by atoms with Gasteiger partial charge in [-0.3, -0.25) is 9.69 Å². The first-order chi connectivity index (χ1) is 13.0. The van der Waals surface area contributed by atoms with Crippen LogP contribution >= 0.6 is 0 Å². The van der Waals surface area contributed by atoms with E-state index in [0.717, 1.165) is 69.0 Å². The van der Waals surface area contributed by atoms with E-state index in [9.17, 15) is 4.79 Å². The number of furan rings is 1. The summed E-state index contributed by atoms with van der Waals surface area (Å²) in [5, 5.41) is 0. The molecule has 1 aromatic heterocycles. The summed E-state index contributed by atoms with van der Waals surface area (Å²) in [5.41, 5.74) is 6.41. The van der Waals surface area contributed by atoms with E-state index in [1.807, 2.05) is 20.1 Å². The highest BCUT2D eigenvalue weighted by molar-refractivity contribution is 5.90. The molecule has 1 saturated heterocycles. The van der Waals surface area contributed by atoms with Crippen molar-refractivity contribution in [2.75, 3.05) is 20.3 Å². The molecular formula is C21H32N2O4. The summed E-state index contributed by atoms with van der Waals surface area (Å²) in [6, 6.07) is 2.16. The molecule has 2 aliphatic carbocycles. The van der Waals surface area contributed by atoms with Crippen molar-refractivity contribution < 1.29 is 18.7 Å². The average Bonchev–Trinajstić information content (AvgIpc) is 3.31. The van der Waals surface area contributed by atoms with Gasteiger partial charge in [-0.2, -0.15) is 0 Å². The van der Waals surface area contributed by atoms with Gasteiger partial charge in [0.05, 0.1) is 11.7 Å². The molecule has 27 heavy (non-hydrogen) atoms. The summed E-state index contributed by atoms with van der Waals surface area (Å²) < 4.78 is 17.9. The van der Waals surface area contributed by atoms with Crippen LogP contribution in [0, 0.1) is 5.92 Å². The highest BCUT2D eigenvalue weighted by atomic mass is 16.5. The summed E-state index contributed by atoms with van der Waals surface area (Å²) in [4.78, 5) is 14.0. The molecule has 6 heteroatoms. The maximum atomic E-state index is 11.5. The molecule has 0 radical (unpaired) electrons. The van der Waals surface area contributed by atoms with E-state index in [4.69, 9.17) is 19.6 Å². The second-order valence-electron chi connectivity index (χ2n) is 8.46. The summed E-state index contributed by atoms with van der Waals surface area (Å²) in [6.07, 6.45) is 7.94. The van der Waals surface area contributed by atoms with Crippen molar-refractivity contribution in [1.29, 1.82) is 0 Å². The summed E-state index contributed by atoms with van der Waals surface area (Å²) in [6.45, 7) is 4.72. The molecule has 2 saturated carbocycles. The van der Waals surface area contributed by atoms with Gasteiger partial charge in [0.2, 0.25) is 0 Å². The number of nitrogens with zero attached hydrogens (tertiary/aromatic N) is 1. The first-order valence-electron chi connectivity index (χ1n) is 10.4. The molecule has 3 aliphatic rings. The topological polar surface area (TPSA) is 77.9 Å². The van der Waals surface area contributed by atoms with Gasteiger partial charge in [-0.05, 0) is 50.5 Å². The number of hydrogen-bond acceptors (Lipinski definition) is 5. The Labute approximate surface area is 161 Å². The second kappa shape index (κ2) is 7.57. The third-order valence-corrected chi connectivity index (χ3v) is 6.75. The molecule has 4 rings (SSSR count). The zero-order chi connectivity index (χ0) is 19.0. The van der Waals surface area contributed by atoms with Crippen molar-refractivity contribution in [2.24, 2.45) is 11.7 Å². The lowest BCUT2D eigenvalue weighted by molar-refractivity contribution is -0.103. The fraction of sp³-hybridized carbons (Fsp3) is 0.762. The van der Waals surface area contributed by atoms with Gasteiger partial charge in [-0.1, -0.05) is 6.92 Å². The monoisotopic (exact) mass is 376 g/mol. The highest BCUT2D eigenvalue weighted by Gasteiger charge is 2.51. The molecule has 6 nitrogen and oxygen atoms in total. The minimum Gasteiger partial charge on any atom is -0.456 e. The van der Waals surface area contributed by atoms with E-state index < -0.39 is 5.91 Å². The van der Waals surface area contributed by atoms with E-state index in [0.29, 0.717) is 12.1 Å². The lowest BCUT2D eigenvalue weighted by Crippen LogP contribution is -2.51. The Kier molecular flexibility index (Phi) is 5.32. The molecule has 0 unspecified atom stereocenters. The van der Waals surface area contributed by atoms with Crippen molar-refractivity contribution in [3.05, 3.63) is 23.2 Å². The second-order valence-corrected chi connectivity index (χ2v) is 8.46. The van der Waals surface area contributed by atoms with E-state index in [-0.39, 0.29) is 11.4 Å². The molecule has 0 aromatic carbocycles. The normalized spacial score (nSPS) is 31.2. The molecule has 3 atom stereocenters. The molecule has 3 fully saturated rings. The van der Waals surface area contributed by atoms with Gasteiger partial charge in [0.25, 0.3) is 5.91 Å². The fourth-order valence-electron chi connectivity index (χ4n) is 4.89. The smallest absolute Gasteiger partial charge is 0.284 e. The van der Waals surface area contributed by atoms with Crippen LogP contribution in [0.1, 0.15) is 67.3 Å². The molecule has 0 spiro atoms. The lowest BCUT2D eigenvalue weighted by atomic mass is 9.79. The Morgan fingerprint density at radius 3 is 2.85 bits per heavy atom. The number of primary amides is 1. The molecule has 1 amide bonds. The van der Waals surface area contributed by atoms with Gasteiger partial charge in [-0.25, -0.2) is 0 Å². The van der Waals surface area contributed by atoms with Gasteiger partial charge in [-0.15, -0.1) is 0 Å². The zero-order valence-corrected chi connectivity index (χ0v) is 16.5. The number of likely N-dealkylation sites (tertiary alicyclic amines) is 1. The Hall–Kier alpha value is -1.37. The van der Waals surface area contributed by atoms with E-state index >= 15 is 0 Å². The molecular weight excluding hydrogens is 344 g/mol. The number of hydrogen-bond donors (Lipinski definition) is 1. The molecule has 2 N–H and O–H groups in total. The SMILES string of the molecule is CCc1oc(C(N)=O)cc1CN1CC[C@]2(OC)CC[C@H](OCC3CC3)C[C@H]12. The molecule has 0 bridgehead atoms.